The summed E-state index contributed by atoms with van der Waals surface area (Å²) in [5, 5.41) is 12.7. The second-order valence-corrected chi connectivity index (χ2v) is 11.5. The van der Waals surface area contributed by atoms with Crippen molar-refractivity contribution >= 4 is 11.6 Å². The third kappa shape index (κ3) is 7.72. The van der Waals surface area contributed by atoms with Crippen molar-refractivity contribution in [1.82, 2.24) is 15.1 Å². The van der Waals surface area contributed by atoms with Crippen LogP contribution in [0.4, 0.5) is 0 Å². The van der Waals surface area contributed by atoms with Crippen LogP contribution in [0.15, 0.2) is 54.2 Å². The van der Waals surface area contributed by atoms with Crippen molar-refractivity contribution in [3.05, 3.63) is 87.6 Å². The van der Waals surface area contributed by atoms with E-state index >= 15 is 0 Å². The Morgan fingerprint density at radius 2 is 1.57 bits per heavy atom. The third-order valence-electron chi connectivity index (χ3n) is 8.90. The second-order valence-electron chi connectivity index (χ2n) is 11.5. The Kier molecular flexibility index (Phi) is 12.4. The molecule has 5 heteroatoms. The molecule has 5 nitrogen and oxygen atoms in total. The number of carbonyl (C=O) groups excluding carboxylic acids is 1. The molecule has 2 aromatic carbocycles. The average molecular weight is 569 g/mol. The Morgan fingerprint density at radius 1 is 0.929 bits per heavy atom. The maximum absolute atomic E-state index is 13.8. The fourth-order valence-electron chi connectivity index (χ4n) is 6.08. The molecule has 2 aromatic rings. The van der Waals surface area contributed by atoms with Crippen LogP contribution >= 0.6 is 0 Å². The molecular weight excluding hydrogens is 516 g/mol. The molecule has 3 aliphatic rings. The van der Waals surface area contributed by atoms with Crippen molar-refractivity contribution in [2.24, 2.45) is 0 Å². The molecule has 0 atom stereocenters. The molecule has 1 saturated heterocycles. The summed E-state index contributed by atoms with van der Waals surface area (Å²) < 4.78 is 0. The number of piperidine rings is 1. The van der Waals surface area contributed by atoms with Gasteiger partial charge in [0.1, 0.15) is 0 Å². The molecule has 226 valence electrons. The van der Waals surface area contributed by atoms with Gasteiger partial charge < -0.3 is 15.1 Å². The first-order valence-electron chi connectivity index (χ1n) is 16.1. The van der Waals surface area contributed by atoms with E-state index < -0.39 is 0 Å². The first kappa shape index (κ1) is 33.1. The molecule has 0 unspecified atom stereocenters. The van der Waals surface area contributed by atoms with Crippen LogP contribution in [0.5, 0.6) is 0 Å². The van der Waals surface area contributed by atoms with Crippen LogP contribution in [0.1, 0.15) is 123 Å². The van der Waals surface area contributed by atoms with Crippen molar-refractivity contribution < 1.29 is 4.79 Å². The molecule has 2 fully saturated rings. The summed E-state index contributed by atoms with van der Waals surface area (Å²) in [6.45, 7) is 20.2. The van der Waals surface area contributed by atoms with Gasteiger partial charge in [-0.25, -0.2) is 0 Å². The molecule has 0 aromatic heterocycles. The normalized spacial score (nSPS) is 17.6. The summed E-state index contributed by atoms with van der Waals surface area (Å²) in [5.74, 6) is 1.11. The van der Waals surface area contributed by atoms with Gasteiger partial charge in [0.15, 0.2) is 0 Å². The number of benzene rings is 2. The van der Waals surface area contributed by atoms with E-state index in [1.807, 2.05) is 44.7 Å². The Hall–Kier alpha value is -3.36. The summed E-state index contributed by atoms with van der Waals surface area (Å²) in [6, 6.07) is 14.5. The second kappa shape index (κ2) is 15.8. The van der Waals surface area contributed by atoms with Crippen molar-refractivity contribution in [2.45, 2.75) is 91.9 Å². The number of nitriles is 1. The first-order valence-corrected chi connectivity index (χ1v) is 16.1. The number of amides is 1. The minimum atomic E-state index is 0.128. The summed E-state index contributed by atoms with van der Waals surface area (Å²) >= 11 is 0. The molecule has 0 bridgehead atoms. The molecule has 1 amide bonds. The third-order valence-corrected chi connectivity index (χ3v) is 8.90. The Morgan fingerprint density at radius 3 is 2.14 bits per heavy atom. The molecule has 1 N–H and O–H groups in total. The number of likely N-dealkylation sites (N-methyl/N-ethyl adjacent to an activating group) is 1. The van der Waals surface area contributed by atoms with Crippen LogP contribution in [0.3, 0.4) is 0 Å². The predicted molar refractivity (Wildman–Crippen MR) is 176 cm³/mol. The maximum Gasteiger partial charge on any atom is 0.254 e. The van der Waals surface area contributed by atoms with Gasteiger partial charge in [0.2, 0.25) is 0 Å². The Labute approximate surface area is 255 Å². The van der Waals surface area contributed by atoms with E-state index in [-0.39, 0.29) is 5.91 Å². The summed E-state index contributed by atoms with van der Waals surface area (Å²) in [5.41, 5.74) is 9.80. The van der Waals surface area contributed by atoms with Gasteiger partial charge in [-0.2, -0.15) is 5.26 Å². The Balaban J connectivity index is 0.00000116. The largest absolute Gasteiger partial charge is 0.358 e. The van der Waals surface area contributed by atoms with E-state index in [4.69, 9.17) is 5.26 Å². The molecular formula is C37H52N4O. The lowest BCUT2D eigenvalue weighted by Gasteiger charge is -2.34. The molecule has 42 heavy (non-hydrogen) atoms. The van der Waals surface area contributed by atoms with Gasteiger partial charge in [-0.15, -0.1) is 0 Å². The van der Waals surface area contributed by atoms with Crippen LogP contribution in [0, 0.1) is 18.3 Å². The lowest BCUT2D eigenvalue weighted by molar-refractivity contribution is 0.0712. The number of rotatable bonds is 6. The van der Waals surface area contributed by atoms with Crippen molar-refractivity contribution in [1.29, 1.82) is 5.26 Å². The highest BCUT2D eigenvalue weighted by Crippen LogP contribution is 2.41. The zero-order valence-electron chi connectivity index (χ0n) is 27.1. The van der Waals surface area contributed by atoms with Gasteiger partial charge in [0, 0.05) is 48.7 Å². The number of hydrogen-bond acceptors (Lipinski definition) is 4. The van der Waals surface area contributed by atoms with E-state index in [0.717, 1.165) is 67.8 Å². The van der Waals surface area contributed by atoms with Crippen LogP contribution in [0.2, 0.25) is 0 Å². The lowest BCUT2D eigenvalue weighted by atomic mass is 9.76. The predicted octanol–water partition coefficient (Wildman–Crippen LogP) is 8.38. The Bertz CT molecular complexity index is 1290. The van der Waals surface area contributed by atoms with Crippen LogP contribution in [0.25, 0.3) is 5.70 Å². The molecule has 5 rings (SSSR count). The fraction of sp³-hybridized carbons (Fsp3) is 0.514. The molecule has 0 spiro atoms. The number of aryl methyl sites for hydroxylation is 1. The number of nitrogens with one attached hydrogen (secondary N) is 1. The van der Waals surface area contributed by atoms with E-state index in [1.165, 1.54) is 41.7 Å². The summed E-state index contributed by atoms with van der Waals surface area (Å²) in [7, 11) is 2.16. The van der Waals surface area contributed by atoms with Gasteiger partial charge >= 0.3 is 0 Å². The van der Waals surface area contributed by atoms with Crippen molar-refractivity contribution in [3.8, 4) is 6.07 Å². The SMILES string of the molecule is C=C(NC1=C(C)CCN(C)C1)c1cc(C(=O)N2CCC(c3ccc(C#N)cc3)CC2)c(C)cc1C1CCC1.CC.CC. The van der Waals surface area contributed by atoms with Gasteiger partial charge in [-0.3, -0.25) is 4.79 Å². The average Bonchev–Trinajstić information content (AvgIpc) is 3.00. The van der Waals surface area contributed by atoms with Gasteiger partial charge in [-0.05, 0) is 99.7 Å². The van der Waals surface area contributed by atoms with Crippen LogP contribution in [-0.4, -0.2) is 48.9 Å². The highest BCUT2D eigenvalue weighted by atomic mass is 16.2. The molecule has 1 aliphatic carbocycles. The molecule has 2 heterocycles. The lowest BCUT2D eigenvalue weighted by Crippen LogP contribution is -2.38. The van der Waals surface area contributed by atoms with E-state index in [9.17, 15) is 4.79 Å². The molecule has 0 radical (unpaired) electrons. The number of hydrogen-bond donors (Lipinski definition) is 1. The van der Waals surface area contributed by atoms with Crippen LogP contribution < -0.4 is 5.32 Å². The molecule has 2 aliphatic heterocycles. The van der Waals surface area contributed by atoms with E-state index in [2.05, 4.69) is 68.0 Å². The quantitative estimate of drug-likeness (QED) is 0.380. The van der Waals surface area contributed by atoms with Crippen LogP contribution in [-0.2, 0) is 0 Å². The van der Waals surface area contributed by atoms with E-state index in [0.29, 0.717) is 17.4 Å². The van der Waals surface area contributed by atoms with Crippen molar-refractivity contribution in [3.63, 3.8) is 0 Å². The van der Waals surface area contributed by atoms with Gasteiger partial charge in [-0.1, -0.05) is 64.5 Å². The topological polar surface area (TPSA) is 59.4 Å². The zero-order chi connectivity index (χ0) is 30.8. The van der Waals surface area contributed by atoms with Gasteiger partial charge in [0.25, 0.3) is 5.91 Å². The smallest absolute Gasteiger partial charge is 0.254 e. The minimum absolute atomic E-state index is 0.128. The standard InChI is InChI=1S/C33H40N4O.2C2H6/c1-22-12-15-36(4)21-32(22)35-24(3)30-19-29(23(2)18-31(30)28-6-5-7-28)33(38)37-16-13-27(14-17-37)26-10-8-25(20-34)9-11-26;2*1-2/h8-11,18-19,27-28,35H,3,5-7,12-17,21H2,1-2,4H3;2*1-2H3. The zero-order valence-corrected chi connectivity index (χ0v) is 27.1. The number of nitrogens with zero attached hydrogens (tertiary/aromatic N) is 3. The van der Waals surface area contributed by atoms with Crippen molar-refractivity contribution in [2.75, 3.05) is 33.2 Å². The van der Waals surface area contributed by atoms with Gasteiger partial charge in [0.05, 0.1) is 11.6 Å². The highest BCUT2D eigenvalue weighted by molar-refractivity contribution is 5.97. The highest BCUT2D eigenvalue weighted by Gasteiger charge is 2.29. The monoisotopic (exact) mass is 568 g/mol. The van der Waals surface area contributed by atoms with E-state index in [1.54, 1.807) is 0 Å². The minimum Gasteiger partial charge on any atom is -0.358 e. The molecule has 1 saturated carbocycles. The fourth-order valence-corrected chi connectivity index (χ4v) is 6.08. The number of carbonyl (C=O) groups is 1. The maximum atomic E-state index is 13.8. The summed E-state index contributed by atoms with van der Waals surface area (Å²) in [6.07, 6.45) is 6.64. The summed E-state index contributed by atoms with van der Waals surface area (Å²) in [4.78, 5) is 18.2. The first-order chi connectivity index (χ1) is 20.3. The number of likely N-dealkylation sites (tertiary alicyclic amines) is 1.